The van der Waals surface area contributed by atoms with Crippen LogP contribution in [0.2, 0.25) is 0 Å². The number of pyridine rings is 1. The second-order valence-corrected chi connectivity index (χ2v) is 9.46. The average Bonchev–Trinajstić information content (AvgIpc) is 3.45. The number of fused-ring (bicyclic) bond motifs is 1. The van der Waals surface area contributed by atoms with Crippen molar-refractivity contribution >= 4 is 28.8 Å². The molecule has 2 heterocycles. The zero-order chi connectivity index (χ0) is 30.2. The van der Waals surface area contributed by atoms with Gasteiger partial charge in [0.1, 0.15) is 34.6 Å². The Hall–Kier alpha value is -5.76. The zero-order valence-electron chi connectivity index (χ0n) is 23.0. The summed E-state index contributed by atoms with van der Waals surface area (Å²) >= 11 is 0. The molecule has 2 aromatic heterocycles. The molecule has 0 saturated heterocycles. The number of hydrogen-bond donors (Lipinski definition) is 2. The number of nitrogens with zero attached hydrogens (tertiary/aromatic N) is 1. The lowest BCUT2D eigenvalue weighted by molar-refractivity contribution is -0.116. The molecule has 0 saturated carbocycles. The van der Waals surface area contributed by atoms with E-state index in [-0.39, 0.29) is 18.3 Å². The fourth-order valence-corrected chi connectivity index (χ4v) is 4.27. The number of nitrogens with two attached hydrogens (primary N) is 1. The number of nitrogens with one attached hydrogen (secondary N) is 1. The van der Waals surface area contributed by atoms with Crippen LogP contribution in [0.1, 0.15) is 11.3 Å². The molecule has 214 valence electrons. The molecule has 0 spiro atoms. The molecule has 43 heavy (non-hydrogen) atoms. The summed E-state index contributed by atoms with van der Waals surface area (Å²) in [4.78, 5) is 16.4. The van der Waals surface area contributed by atoms with Gasteiger partial charge in [-0.15, -0.1) is 0 Å². The van der Waals surface area contributed by atoms with Crippen LogP contribution in [0.4, 0.5) is 14.6 Å². The lowest BCUT2D eigenvalue weighted by Crippen LogP contribution is -2.19. The molecule has 0 fully saturated rings. The van der Waals surface area contributed by atoms with Gasteiger partial charge in [-0.2, -0.15) is 0 Å². The Morgan fingerprint density at radius 2 is 1.77 bits per heavy atom. The Morgan fingerprint density at radius 1 is 1.00 bits per heavy atom. The molecule has 0 aliphatic heterocycles. The Morgan fingerprint density at radius 3 is 2.49 bits per heavy atom. The van der Waals surface area contributed by atoms with E-state index in [0.29, 0.717) is 22.9 Å². The van der Waals surface area contributed by atoms with Crippen LogP contribution >= 0.6 is 0 Å². The number of hydrogen-bond acceptors (Lipinski definition) is 5. The van der Waals surface area contributed by atoms with E-state index >= 15 is 0 Å². The first kappa shape index (κ1) is 28.8. The van der Waals surface area contributed by atoms with Crippen LogP contribution in [0.3, 0.4) is 0 Å². The summed E-state index contributed by atoms with van der Waals surface area (Å²) in [5.74, 6) is 0.445. The van der Waals surface area contributed by atoms with Gasteiger partial charge in [0, 0.05) is 23.2 Å². The number of nitrogen functional groups attached to an aromatic ring is 1. The van der Waals surface area contributed by atoms with E-state index in [1.54, 1.807) is 48.7 Å². The number of anilines is 1. The van der Waals surface area contributed by atoms with E-state index < -0.39 is 5.83 Å². The number of carbonyl (C=O) groups is 1. The number of amides is 1. The number of allylic oxidation sites excluding steroid dienone is 4. The first-order chi connectivity index (χ1) is 20.9. The fourth-order valence-electron chi connectivity index (χ4n) is 4.27. The summed E-state index contributed by atoms with van der Waals surface area (Å²) in [7, 11) is 0. The maximum absolute atomic E-state index is 13.7. The highest BCUT2D eigenvalue weighted by Gasteiger charge is 2.14. The number of aromatic nitrogens is 1. The monoisotopic (exact) mass is 575 g/mol. The average molecular weight is 576 g/mol. The van der Waals surface area contributed by atoms with Crippen molar-refractivity contribution in [3.05, 3.63) is 145 Å². The third-order valence-corrected chi connectivity index (χ3v) is 6.42. The molecule has 6 nitrogen and oxygen atoms in total. The molecule has 0 unspecified atom stereocenters. The standard InChI is InChI=1S/C35H27F2N3O3/c1-2-28(36)4-3-17-42-30-13-9-24(10-14-30)26-18-27-19-31(22-40-34(41)16-6-23-5-15-33(38)39-21-23)43-35(27)32(20-26)25-7-11-29(37)12-8-25/h2-21H,1,22H2,(H2,38,39)(H,40,41)/b16-6+,17-3+,28-4+. The van der Waals surface area contributed by atoms with Crippen molar-refractivity contribution in [2.45, 2.75) is 6.54 Å². The number of rotatable bonds is 10. The van der Waals surface area contributed by atoms with Crippen LogP contribution in [-0.4, -0.2) is 10.9 Å². The van der Waals surface area contributed by atoms with Gasteiger partial charge in [-0.3, -0.25) is 4.79 Å². The maximum Gasteiger partial charge on any atom is 0.244 e. The highest BCUT2D eigenvalue weighted by atomic mass is 19.1. The topological polar surface area (TPSA) is 90.4 Å². The van der Waals surface area contributed by atoms with E-state index in [1.165, 1.54) is 36.6 Å². The molecule has 1 amide bonds. The Balaban J connectivity index is 1.38. The van der Waals surface area contributed by atoms with Gasteiger partial charge in [0.05, 0.1) is 12.8 Å². The summed E-state index contributed by atoms with van der Waals surface area (Å²) in [6, 6.07) is 22.9. The van der Waals surface area contributed by atoms with Gasteiger partial charge in [-0.1, -0.05) is 30.8 Å². The minimum atomic E-state index is -0.462. The van der Waals surface area contributed by atoms with Crippen molar-refractivity contribution in [1.29, 1.82) is 0 Å². The Bertz CT molecular complexity index is 1840. The predicted molar refractivity (Wildman–Crippen MR) is 166 cm³/mol. The lowest BCUT2D eigenvalue weighted by Gasteiger charge is -2.09. The van der Waals surface area contributed by atoms with Crippen LogP contribution in [0.25, 0.3) is 39.3 Å². The summed E-state index contributed by atoms with van der Waals surface area (Å²) in [5.41, 5.74) is 10.3. The van der Waals surface area contributed by atoms with Crippen molar-refractivity contribution in [3.8, 4) is 28.0 Å². The molecule has 3 aromatic carbocycles. The van der Waals surface area contributed by atoms with Gasteiger partial charge >= 0.3 is 0 Å². The third-order valence-electron chi connectivity index (χ3n) is 6.42. The summed E-state index contributed by atoms with van der Waals surface area (Å²) in [5, 5.41) is 3.65. The number of halogens is 2. The second-order valence-electron chi connectivity index (χ2n) is 9.46. The predicted octanol–water partition coefficient (Wildman–Crippen LogP) is 8.14. The van der Waals surface area contributed by atoms with Crippen molar-refractivity contribution in [3.63, 3.8) is 0 Å². The molecule has 0 bridgehead atoms. The molecule has 0 aliphatic rings. The van der Waals surface area contributed by atoms with E-state index in [1.807, 2.05) is 30.3 Å². The van der Waals surface area contributed by atoms with Crippen molar-refractivity contribution < 1.29 is 22.7 Å². The third kappa shape index (κ3) is 7.51. The van der Waals surface area contributed by atoms with E-state index in [4.69, 9.17) is 14.9 Å². The minimum absolute atomic E-state index is 0.168. The van der Waals surface area contributed by atoms with Gasteiger partial charge in [0.2, 0.25) is 5.91 Å². The number of furan rings is 1. The second kappa shape index (κ2) is 13.3. The number of ether oxygens (including phenoxy) is 1. The van der Waals surface area contributed by atoms with Crippen molar-refractivity contribution in [2.24, 2.45) is 0 Å². The van der Waals surface area contributed by atoms with Crippen LogP contribution < -0.4 is 15.8 Å². The number of carbonyl (C=O) groups excluding carboxylic acids is 1. The van der Waals surface area contributed by atoms with E-state index in [9.17, 15) is 13.6 Å². The lowest BCUT2D eigenvalue weighted by atomic mass is 9.96. The molecular weight excluding hydrogens is 548 g/mol. The summed E-state index contributed by atoms with van der Waals surface area (Å²) in [6.45, 7) is 3.52. The van der Waals surface area contributed by atoms with Gasteiger partial charge in [-0.05, 0) is 101 Å². The molecule has 3 N–H and O–H groups in total. The highest BCUT2D eigenvalue weighted by Crippen LogP contribution is 2.36. The van der Waals surface area contributed by atoms with Crippen LogP contribution in [0.5, 0.6) is 5.75 Å². The van der Waals surface area contributed by atoms with Crippen LogP contribution in [0.15, 0.2) is 132 Å². The first-order valence-electron chi connectivity index (χ1n) is 13.3. The van der Waals surface area contributed by atoms with Crippen LogP contribution in [0, 0.1) is 5.82 Å². The van der Waals surface area contributed by atoms with Gasteiger partial charge in [-0.25, -0.2) is 13.8 Å². The molecular formula is C35H27F2N3O3. The largest absolute Gasteiger partial charge is 0.465 e. The fraction of sp³-hybridized carbons (Fsp3) is 0.0286. The first-order valence-corrected chi connectivity index (χ1v) is 13.3. The molecule has 0 aliphatic carbocycles. The van der Waals surface area contributed by atoms with Crippen molar-refractivity contribution in [1.82, 2.24) is 10.3 Å². The summed E-state index contributed by atoms with van der Waals surface area (Å²) < 4.78 is 38.6. The molecule has 0 radical (unpaired) electrons. The smallest absolute Gasteiger partial charge is 0.244 e. The van der Waals surface area contributed by atoms with Gasteiger partial charge < -0.3 is 20.2 Å². The Labute approximate surface area is 247 Å². The van der Waals surface area contributed by atoms with Crippen molar-refractivity contribution in [2.75, 3.05) is 5.73 Å². The maximum atomic E-state index is 13.7. The van der Waals surface area contributed by atoms with Crippen LogP contribution in [-0.2, 0) is 11.3 Å². The Kier molecular flexibility index (Phi) is 8.87. The van der Waals surface area contributed by atoms with E-state index in [0.717, 1.165) is 39.3 Å². The molecule has 0 atom stereocenters. The molecule has 5 rings (SSSR count). The minimum Gasteiger partial charge on any atom is -0.465 e. The highest BCUT2D eigenvalue weighted by molar-refractivity contribution is 5.97. The normalized spacial score (nSPS) is 11.8. The zero-order valence-corrected chi connectivity index (χ0v) is 23.0. The van der Waals surface area contributed by atoms with E-state index in [2.05, 4.69) is 16.9 Å². The van der Waals surface area contributed by atoms with Gasteiger partial charge in [0.25, 0.3) is 0 Å². The number of benzene rings is 3. The van der Waals surface area contributed by atoms with Gasteiger partial charge in [0.15, 0.2) is 0 Å². The summed E-state index contributed by atoms with van der Waals surface area (Å²) in [6.07, 6.45) is 9.82. The SMILES string of the molecule is C=C/C(F)=C\C=C\Oc1ccc(-c2cc(-c3ccc(F)cc3)c3oc(CNC(=O)/C=C/c4ccc(N)nc4)cc3c2)cc1. The quantitative estimate of drug-likeness (QED) is 0.0997. The molecule has 8 heteroatoms. The molecule has 5 aromatic rings.